The van der Waals surface area contributed by atoms with E-state index in [0.29, 0.717) is 0 Å². The van der Waals surface area contributed by atoms with Crippen molar-refractivity contribution in [1.82, 2.24) is 10.6 Å². The monoisotopic (exact) mass is 292 g/mol. The molecule has 0 radical (unpaired) electrons. The Morgan fingerprint density at radius 2 is 2.15 bits per heavy atom. The van der Waals surface area contributed by atoms with Gasteiger partial charge in [0.15, 0.2) is 0 Å². The Bertz CT molecular complexity index is 476. The Labute approximate surface area is 123 Å². The van der Waals surface area contributed by atoms with Gasteiger partial charge in [0.1, 0.15) is 6.04 Å². The third-order valence-electron chi connectivity index (χ3n) is 3.42. The number of carbonyl (C=O) groups is 2. The number of thiophene rings is 1. The van der Waals surface area contributed by atoms with Crippen molar-refractivity contribution in [3.63, 3.8) is 0 Å². The van der Waals surface area contributed by atoms with Gasteiger partial charge in [-0.25, -0.2) is 0 Å². The lowest BCUT2D eigenvalue weighted by atomic mass is 10.2. The second kappa shape index (κ2) is 7.24. The molecule has 0 spiro atoms. The predicted molar refractivity (Wildman–Crippen MR) is 81.4 cm³/mol. The normalized spacial score (nSPS) is 17.2. The fraction of sp³-hybridized carbons (Fsp3) is 0.467. The van der Waals surface area contributed by atoms with Crippen LogP contribution in [-0.2, 0) is 9.59 Å². The van der Waals surface area contributed by atoms with Gasteiger partial charge in [-0.3, -0.25) is 9.59 Å². The van der Waals surface area contributed by atoms with E-state index in [-0.39, 0.29) is 17.9 Å². The molecule has 2 rings (SSSR count). The van der Waals surface area contributed by atoms with Crippen LogP contribution in [-0.4, -0.2) is 23.9 Å². The summed E-state index contributed by atoms with van der Waals surface area (Å²) in [6, 6.07) is 1.71. The SMILES string of the molecule is CC(NC(=O)/C=C/c1ccsc1)C(=O)NC1CCCC1. The molecule has 0 saturated heterocycles. The minimum atomic E-state index is -0.504. The zero-order valence-corrected chi connectivity index (χ0v) is 12.4. The van der Waals surface area contributed by atoms with Crippen molar-refractivity contribution in [2.45, 2.75) is 44.7 Å². The van der Waals surface area contributed by atoms with Crippen LogP contribution in [0.15, 0.2) is 22.9 Å². The Balaban J connectivity index is 1.76. The summed E-state index contributed by atoms with van der Waals surface area (Å²) in [6.45, 7) is 1.71. The van der Waals surface area contributed by atoms with Crippen molar-refractivity contribution in [2.75, 3.05) is 0 Å². The summed E-state index contributed by atoms with van der Waals surface area (Å²) in [6.07, 6.45) is 7.65. The van der Waals surface area contributed by atoms with Crippen LogP contribution in [0, 0.1) is 0 Å². The first-order valence-corrected chi connectivity index (χ1v) is 7.90. The lowest BCUT2D eigenvalue weighted by Gasteiger charge is -2.17. The van der Waals surface area contributed by atoms with E-state index in [2.05, 4.69) is 10.6 Å². The van der Waals surface area contributed by atoms with Crippen LogP contribution in [0.2, 0.25) is 0 Å². The first kappa shape index (κ1) is 14.8. The second-order valence-electron chi connectivity index (χ2n) is 5.11. The molecular formula is C15H20N2O2S. The number of amides is 2. The number of rotatable bonds is 5. The van der Waals surface area contributed by atoms with Crippen molar-refractivity contribution >= 4 is 29.2 Å². The van der Waals surface area contributed by atoms with E-state index in [9.17, 15) is 9.59 Å². The van der Waals surface area contributed by atoms with Gasteiger partial charge in [-0.05, 0) is 48.2 Å². The fourth-order valence-electron chi connectivity index (χ4n) is 2.27. The average Bonchev–Trinajstić information content (AvgIpc) is 3.09. The molecule has 1 heterocycles. The molecule has 0 aromatic carbocycles. The molecule has 108 valence electrons. The molecule has 0 aliphatic heterocycles. The first-order chi connectivity index (χ1) is 9.65. The highest BCUT2D eigenvalue weighted by Gasteiger charge is 2.21. The van der Waals surface area contributed by atoms with Gasteiger partial charge in [-0.2, -0.15) is 11.3 Å². The van der Waals surface area contributed by atoms with Gasteiger partial charge in [0, 0.05) is 12.1 Å². The Hall–Kier alpha value is -1.62. The third-order valence-corrected chi connectivity index (χ3v) is 4.13. The smallest absolute Gasteiger partial charge is 0.244 e. The number of carbonyl (C=O) groups excluding carboxylic acids is 2. The van der Waals surface area contributed by atoms with Gasteiger partial charge in [-0.15, -0.1) is 0 Å². The maximum absolute atomic E-state index is 11.9. The molecular weight excluding hydrogens is 272 g/mol. The lowest BCUT2D eigenvalue weighted by molar-refractivity contribution is -0.127. The molecule has 1 aliphatic rings. The largest absolute Gasteiger partial charge is 0.352 e. The molecule has 1 aromatic heterocycles. The van der Waals surface area contributed by atoms with Crippen molar-refractivity contribution < 1.29 is 9.59 Å². The Kier molecular flexibility index (Phi) is 5.35. The van der Waals surface area contributed by atoms with Crippen LogP contribution >= 0.6 is 11.3 Å². The summed E-state index contributed by atoms with van der Waals surface area (Å²) in [7, 11) is 0. The van der Waals surface area contributed by atoms with E-state index >= 15 is 0 Å². The van der Waals surface area contributed by atoms with Gasteiger partial charge in [-0.1, -0.05) is 12.8 Å². The molecule has 1 atom stereocenters. The average molecular weight is 292 g/mol. The van der Waals surface area contributed by atoms with E-state index in [1.54, 1.807) is 24.3 Å². The van der Waals surface area contributed by atoms with Crippen LogP contribution in [0.3, 0.4) is 0 Å². The highest BCUT2D eigenvalue weighted by Crippen LogP contribution is 2.17. The fourth-order valence-corrected chi connectivity index (χ4v) is 2.89. The molecule has 1 unspecified atom stereocenters. The summed E-state index contributed by atoms with van der Waals surface area (Å²) >= 11 is 1.58. The maximum atomic E-state index is 11.9. The van der Waals surface area contributed by atoms with E-state index in [1.807, 2.05) is 16.8 Å². The van der Waals surface area contributed by atoms with Crippen LogP contribution in [0.25, 0.3) is 6.08 Å². The van der Waals surface area contributed by atoms with Crippen molar-refractivity contribution in [3.8, 4) is 0 Å². The van der Waals surface area contributed by atoms with Crippen molar-refractivity contribution in [2.24, 2.45) is 0 Å². The van der Waals surface area contributed by atoms with E-state index < -0.39 is 6.04 Å². The van der Waals surface area contributed by atoms with Gasteiger partial charge in [0.05, 0.1) is 0 Å². The van der Waals surface area contributed by atoms with E-state index in [0.717, 1.165) is 18.4 Å². The molecule has 2 amide bonds. The second-order valence-corrected chi connectivity index (χ2v) is 5.89. The topological polar surface area (TPSA) is 58.2 Å². The van der Waals surface area contributed by atoms with Crippen molar-refractivity contribution in [1.29, 1.82) is 0 Å². The molecule has 2 N–H and O–H groups in total. The summed E-state index contributed by atoms with van der Waals surface area (Å²) in [5, 5.41) is 9.57. The maximum Gasteiger partial charge on any atom is 0.244 e. The summed E-state index contributed by atoms with van der Waals surface area (Å²) in [5.41, 5.74) is 0.994. The Morgan fingerprint density at radius 1 is 1.40 bits per heavy atom. The molecule has 4 nitrogen and oxygen atoms in total. The van der Waals surface area contributed by atoms with Gasteiger partial charge in [0.2, 0.25) is 11.8 Å². The van der Waals surface area contributed by atoms with Crippen LogP contribution in [0.1, 0.15) is 38.2 Å². The molecule has 1 aliphatic carbocycles. The van der Waals surface area contributed by atoms with Gasteiger partial charge >= 0.3 is 0 Å². The summed E-state index contributed by atoms with van der Waals surface area (Å²) in [5.74, 6) is -0.348. The summed E-state index contributed by atoms with van der Waals surface area (Å²) < 4.78 is 0. The highest BCUT2D eigenvalue weighted by molar-refractivity contribution is 7.08. The molecule has 5 heteroatoms. The molecule has 1 saturated carbocycles. The van der Waals surface area contributed by atoms with E-state index in [4.69, 9.17) is 0 Å². The molecule has 1 fully saturated rings. The highest BCUT2D eigenvalue weighted by atomic mass is 32.1. The van der Waals surface area contributed by atoms with E-state index in [1.165, 1.54) is 18.9 Å². The summed E-state index contributed by atoms with van der Waals surface area (Å²) in [4.78, 5) is 23.6. The zero-order chi connectivity index (χ0) is 14.4. The van der Waals surface area contributed by atoms with Gasteiger partial charge < -0.3 is 10.6 Å². The van der Waals surface area contributed by atoms with Crippen LogP contribution < -0.4 is 10.6 Å². The minimum absolute atomic E-state index is 0.103. The predicted octanol–water partition coefficient (Wildman–Crippen LogP) is 2.32. The zero-order valence-electron chi connectivity index (χ0n) is 11.6. The van der Waals surface area contributed by atoms with Crippen LogP contribution in [0.5, 0.6) is 0 Å². The lowest BCUT2D eigenvalue weighted by Crippen LogP contribution is -2.47. The third kappa shape index (κ3) is 4.49. The number of hydrogen-bond acceptors (Lipinski definition) is 3. The number of nitrogens with one attached hydrogen (secondary N) is 2. The number of hydrogen-bond donors (Lipinski definition) is 2. The molecule has 1 aromatic rings. The Morgan fingerprint density at radius 3 is 2.80 bits per heavy atom. The molecule has 20 heavy (non-hydrogen) atoms. The van der Waals surface area contributed by atoms with Crippen LogP contribution in [0.4, 0.5) is 0 Å². The first-order valence-electron chi connectivity index (χ1n) is 6.96. The van der Waals surface area contributed by atoms with Gasteiger partial charge in [0.25, 0.3) is 0 Å². The quantitative estimate of drug-likeness (QED) is 0.818. The van der Waals surface area contributed by atoms with Crippen molar-refractivity contribution in [3.05, 3.63) is 28.5 Å². The standard InChI is InChI=1S/C15H20N2O2S/c1-11(15(19)17-13-4-2-3-5-13)16-14(18)7-6-12-8-9-20-10-12/h6-11,13H,2-5H2,1H3,(H,16,18)(H,17,19)/b7-6+. The molecule has 0 bridgehead atoms. The minimum Gasteiger partial charge on any atom is -0.352 e.